The van der Waals surface area contributed by atoms with Gasteiger partial charge < -0.3 is 9.52 Å². The van der Waals surface area contributed by atoms with E-state index in [1.807, 2.05) is 0 Å². The fourth-order valence-corrected chi connectivity index (χ4v) is 2.97. The summed E-state index contributed by atoms with van der Waals surface area (Å²) in [6.45, 7) is 1.47. The Hall–Kier alpha value is -1.63. The third kappa shape index (κ3) is 3.93. The summed E-state index contributed by atoms with van der Waals surface area (Å²) in [6.07, 6.45) is 1.75. The van der Waals surface area contributed by atoms with Crippen LogP contribution in [0.4, 0.5) is 0 Å². The molecule has 2 rings (SSSR count). The second-order valence-corrected chi connectivity index (χ2v) is 6.66. The fraction of sp³-hybridized carbons (Fsp3) is 0.286. The summed E-state index contributed by atoms with van der Waals surface area (Å²) < 4.78 is 31.6. The molecule has 0 saturated carbocycles. The summed E-state index contributed by atoms with van der Waals surface area (Å²) >= 11 is 0. The number of hydrogen-bond acceptors (Lipinski definition) is 4. The van der Waals surface area contributed by atoms with Crippen molar-refractivity contribution in [3.63, 3.8) is 0 Å². The molecule has 0 bridgehead atoms. The molecule has 0 aliphatic rings. The van der Waals surface area contributed by atoms with E-state index in [2.05, 4.69) is 4.72 Å². The van der Waals surface area contributed by atoms with Crippen molar-refractivity contribution in [1.82, 2.24) is 4.72 Å². The average Bonchev–Trinajstić information content (AvgIpc) is 2.90. The molecule has 6 heteroatoms. The lowest BCUT2D eigenvalue weighted by Gasteiger charge is -2.22. The quantitative estimate of drug-likeness (QED) is 0.847. The molecule has 1 aromatic heterocycles. The van der Waals surface area contributed by atoms with Gasteiger partial charge in [0.05, 0.1) is 16.8 Å². The smallest absolute Gasteiger partial charge is 0.240 e. The lowest BCUT2D eigenvalue weighted by Crippen LogP contribution is -2.42. The zero-order valence-corrected chi connectivity index (χ0v) is 11.9. The molecule has 0 fully saturated rings. The lowest BCUT2D eigenvalue weighted by atomic mass is 10.0. The van der Waals surface area contributed by atoms with Crippen LogP contribution in [0.3, 0.4) is 0 Å². The normalized spacial score (nSPS) is 14.9. The molecule has 0 aliphatic heterocycles. The van der Waals surface area contributed by atoms with E-state index in [9.17, 15) is 13.5 Å². The van der Waals surface area contributed by atoms with Gasteiger partial charge >= 0.3 is 0 Å². The van der Waals surface area contributed by atoms with E-state index < -0.39 is 15.6 Å². The van der Waals surface area contributed by atoms with E-state index in [0.717, 1.165) is 0 Å². The monoisotopic (exact) mass is 295 g/mol. The number of rotatable bonds is 6. The summed E-state index contributed by atoms with van der Waals surface area (Å²) in [5.74, 6) is 0.605. The molecular weight excluding hydrogens is 278 g/mol. The van der Waals surface area contributed by atoms with E-state index in [-0.39, 0.29) is 17.9 Å². The Labute approximate surface area is 118 Å². The molecule has 0 unspecified atom stereocenters. The van der Waals surface area contributed by atoms with Crippen LogP contribution in [0, 0.1) is 0 Å². The van der Waals surface area contributed by atoms with Crippen molar-refractivity contribution >= 4 is 10.0 Å². The first-order chi connectivity index (χ1) is 9.39. The van der Waals surface area contributed by atoms with Gasteiger partial charge in [-0.2, -0.15) is 0 Å². The zero-order chi connectivity index (χ0) is 14.6. The van der Waals surface area contributed by atoms with Gasteiger partial charge in [-0.25, -0.2) is 13.1 Å². The van der Waals surface area contributed by atoms with Gasteiger partial charge in [-0.1, -0.05) is 18.2 Å². The van der Waals surface area contributed by atoms with Crippen molar-refractivity contribution < 1.29 is 17.9 Å². The molecule has 0 saturated heterocycles. The molecule has 20 heavy (non-hydrogen) atoms. The number of hydrogen-bond donors (Lipinski definition) is 2. The van der Waals surface area contributed by atoms with Gasteiger partial charge in [0, 0.05) is 13.0 Å². The summed E-state index contributed by atoms with van der Waals surface area (Å²) in [5, 5.41) is 10.2. The largest absolute Gasteiger partial charge is 0.469 e. The molecule has 1 aromatic carbocycles. The van der Waals surface area contributed by atoms with Crippen LogP contribution >= 0.6 is 0 Å². The second-order valence-electron chi connectivity index (χ2n) is 4.89. The standard InChI is InChI=1S/C14H17NO4S/c1-14(16,10-12-6-5-9-19-12)11-15-20(17,18)13-7-3-2-4-8-13/h2-9,15-16H,10-11H2,1H3/t14-/m0/s1. The first-order valence-electron chi connectivity index (χ1n) is 6.19. The highest BCUT2D eigenvalue weighted by Crippen LogP contribution is 2.14. The van der Waals surface area contributed by atoms with Crippen LogP contribution in [0.5, 0.6) is 0 Å². The van der Waals surface area contributed by atoms with E-state index in [1.54, 1.807) is 37.3 Å². The Balaban J connectivity index is 2.00. The van der Waals surface area contributed by atoms with Gasteiger partial charge in [0.25, 0.3) is 0 Å². The molecule has 0 aliphatic carbocycles. The summed E-state index contributed by atoms with van der Waals surface area (Å²) in [5.41, 5.74) is -1.22. The van der Waals surface area contributed by atoms with Gasteiger partial charge in [0.15, 0.2) is 0 Å². The van der Waals surface area contributed by atoms with E-state index >= 15 is 0 Å². The Morgan fingerprint density at radius 1 is 1.20 bits per heavy atom. The molecule has 2 aromatic rings. The second kappa shape index (κ2) is 5.78. The maximum atomic E-state index is 12.0. The molecular formula is C14H17NO4S. The molecule has 0 amide bonds. The van der Waals surface area contributed by atoms with Crippen LogP contribution in [0.1, 0.15) is 12.7 Å². The topological polar surface area (TPSA) is 79.5 Å². The first kappa shape index (κ1) is 14.8. The molecule has 0 spiro atoms. The fourth-order valence-electron chi connectivity index (χ4n) is 1.78. The average molecular weight is 295 g/mol. The molecule has 2 N–H and O–H groups in total. The van der Waals surface area contributed by atoms with Gasteiger partial charge in [-0.05, 0) is 31.2 Å². The van der Waals surface area contributed by atoms with Gasteiger partial charge in [-0.3, -0.25) is 0 Å². The van der Waals surface area contributed by atoms with E-state index in [0.29, 0.717) is 5.76 Å². The first-order valence-corrected chi connectivity index (χ1v) is 7.67. The Kier molecular flexibility index (Phi) is 4.27. The van der Waals surface area contributed by atoms with Crippen LogP contribution in [-0.4, -0.2) is 25.7 Å². The summed E-state index contributed by atoms with van der Waals surface area (Å²) in [4.78, 5) is 0.175. The highest BCUT2D eigenvalue weighted by Gasteiger charge is 2.25. The van der Waals surface area contributed by atoms with Crippen molar-refractivity contribution in [3.8, 4) is 0 Å². The van der Waals surface area contributed by atoms with Crippen molar-refractivity contribution in [2.24, 2.45) is 0 Å². The van der Waals surface area contributed by atoms with Crippen LogP contribution in [0.15, 0.2) is 58.0 Å². The molecule has 1 heterocycles. The number of furan rings is 1. The Morgan fingerprint density at radius 2 is 1.90 bits per heavy atom. The maximum absolute atomic E-state index is 12.0. The minimum absolute atomic E-state index is 0.0923. The minimum atomic E-state index is -3.61. The number of aliphatic hydroxyl groups is 1. The predicted octanol–water partition coefficient (Wildman–Crippen LogP) is 1.55. The maximum Gasteiger partial charge on any atom is 0.240 e. The summed E-state index contributed by atoms with van der Waals surface area (Å²) in [6, 6.07) is 11.5. The number of nitrogens with one attached hydrogen (secondary N) is 1. The van der Waals surface area contributed by atoms with Crippen molar-refractivity contribution in [2.45, 2.75) is 23.8 Å². The van der Waals surface area contributed by atoms with Crippen LogP contribution < -0.4 is 4.72 Å². The highest BCUT2D eigenvalue weighted by atomic mass is 32.2. The predicted molar refractivity (Wildman–Crippen MR) is 74.7 cm³/mol. The van der Waals surface area contributed by atoms with Gasteiger partial charge in [0.2, 0.25) is 10.0 Å². The molecule has 0 radical (unpaired) electrons. The summed E-state index contributed by atoms with van der Waals surface area (Å²) in [7, 11) is -3.61. The Bertz CT molecular complexity index is 633. The number of sulfonamides is 1. The van der Waals surface area contributed by atoms with E-state index in [1.165, 1.54) is 18.4 Å². The lowest BCUT2D eigenvalue weighted by molar-refractivity contribution is 0.0603. The molecule has 5 nitrogen and oxygen atoms in total. The van der Waals surface area contributed by atoms with Gasteiger partial charge in [0.1, 0.15) is 5.76 Å². The minimum Gasteiger partial charge on any atom is -0.469 e. The number of benzene rings is 1. The van der Waals surface area contributed by atoms with Crippen LogP contribution in [0.2, 0.25) is 0 Å². The van der Waals surface area contributed by atoms with Crippen molar-refractivity contribution in [3.05, 3.63) is 54.5 Å². The molecule has 108 valence electrons. The van der Waals surface area contributed by atoms with E-state index in [4.69, 9.17) is 4.42 Å². The van der Waals surface area contributed by atoms with Crippen LogP contribution in [-0.2, 0) is 16.4 Å². The van der Waals surface area contributed by atoms with Crippen LogP contribution in [0.25, 0.3) is 0 Å². The SMILES string of the molecule is C[C@@](O)(CNS(=O)(=O)c1ccccc1)Cc1ccco1. The van der Waals surface area contributed by atoms with Gasteiger partial charge in [-0.15, -0.1) is 0 Å². The molecule has 1 atom stereocenters. The third-order valence-electron chi connectivity index (χ3n) is 2.83. The third-order valence-corrected chi connectivity index (χ3v) is 4.25. The zero-order valence-electron chi connectivity index (χ0n) is 11.1. The highest BCUT2D eigenvalue weighted by molar-refractivity contribution is 7.89. The van der Waals surface area contributed by atoms with Crippen molar-refractivity contribution in [1.29, 1.82) is 0 Å². The van der Waals surface area contributed by atoms with Crippen molar-refractivity contribution in [2.75, 3.05) is 6.54 Å². The Morgan fingerprint density at radius 3 is 2.50 bits per heavy atom.